The number of rotatable bonds is 6. The van der Waals surface area contributed by atoms with Crippen LogP contribution in [0.15, 0.2) is 12.1 Å². The number of hydrogen-bond acceptors (Lipinski definition) is 6. The van der Waals surface area contributed by atoms with E-state index < -0.39 is 10.7 Å². The van der Waals surface area contributed by atoms with Crippen molar-refractivity contribution in [1.29, 1.82) is 0 Å². The fraction of sp³-hybridized carbons (Fsp3) is 0.647. The SMILES string of the molecule is COc1cc(N2CCC(OCC3CCOC3)CC2)c([N+](=O)[O-])cc1F. The van der Waals surface area contributed by atoms with Crippen LogP contribution in [-0.2, 0) is 9.47 Å². The van der Waals surface area contributed by atoms with Gasteiger partial charge in [0.05, 0.1) is 37.4 Å². The molecule has 0 N–H and O–H groups in total. The number of piperidine rings is 1. The van der Waals surface area contributed by atoms with E-state index in [1.807, 2.05) is 4.90 Å². The third-order valence-electron chi connectivity index (χ3n) is 4.82. The van der Waals surface area contributed by atoms with Gasteiger partial charge in [0, 0.05) is 31.7 Å². The maximum absolute atomic E-state index is 13.8. The van der Waals surface area contributed by atoms with Gasteiger partial charge in [0.1, 0.15) is 5.69 Å². The molecule has 138 valence electrons. The van der Waals surface area contributed by atoms with Crippen LogP contribution in [-0.4, -0.2) is 51.0 Å². The standard InChI is InChI=1S/C17H23FN2O5/c1-23-17-9-15(16(20(21)22)8-14(17)18)19-5-2-13(3-6-19)25-11-12-4-7-24-10-12/h8-9,12-13H,2-7,10-11H2,1H3. The number of benzene rings is 1. The van der Waals surface area contributed by atoms with Gasteiger partial charge in [-0.2, -0.15) is 0 Å². The molecule has 1 unspecified atom stereocenters. The molecule has 0 amide bonds. The topological polar surface area (TPSA) is 74.1 Å². The molecular formula is C17H23FN2O5. The highest BCUT2D eigenvalue weighted by atomic mass is 19.1. The van der Waals surface area contributed by atoms with Crippen molar-refractivity contribution in [2.24, 2.45) is 5.92 Å². The van der Waals surface area contributed by atoms with E-state index >= 15 is 0 Å². The van der Waals surface area contributed by atoms with Gasteiger partial charge in [0.25, 0.3) is 5.69 Å². The lowest BCUT2D eigenvalue weighted by atomic mass is 10.1. The van der Waals surface area contributed by atoms with Gasteiger partial charge in [-0.25, -0.2) is 4.39 Å². The summed E-state index contributed by atoms with van der Waals surface area (Å²) in [4.78, 5) is 12.6. The minimum Gasteiger partial charge on any atom is -0.494 e. The zero-order valence-electron chi connectivity index (χ0n) is 14.3. The van der Waals surface area contributed by atoms with Crippen molar-refractivity contribution in [3.05, 3.63) is 28.1 Å². The smallest absolute Gasteiger partial charge is 0.295 e. The van der Waals surface area contributed by atoms with Gasteiger partial charge in [-0.3, -0.25) is 10.1 Å². The van der Waals surface area contributed by atoms with E-state index in [0.717, 1.165) is 38.5 Å². The second kappa shape index (κ2) is 7.97. The Balaban J connectivity index is 1.62. The van der Waals surface area contributed by atoms with Crippen molar-refractivity contribution in [2.45, 2.75) is 25.4 Å². The third-order valence-corrected chi connectivity index (χ3v) is 4.82. The molecule has 3 rings (SSSR count). The van der Waals surface area contributed by atoms with Gasteiger partial charge < -0.3 is 19.1 Å². The second-order valence-corrected chi connectivity index (χ2v) is 6.48. The van der Waals surface area contributed by atoms with Crippen LogP contribution in [0.1, 0.15) is 19.3 Å². The fourth-order valence-electron chi connectivity index (χ4n) is 3.34. The van der Waals surface area contributed by atoms with E-state index in [0.29, 0.717) is 31.3 Å². The molecular weight excluding hydrogens is 331 g/mol. The normalized spacial score (nSPS) is 21.5. The van der Waals surface area contributed by atoms with Crippen molar-refractivity contribution in [3.8, 4) is 5.75 Å². The van der Waals surface area contributed by atoms with Crippen LogP contribution in [0.2, 0.25) is 0 Å². The largest absolute Gasteiger partial charge is 0.494 e. The van der Waals surface area contributed by atoms with Crippen LogP contribution >= 0.6 is 0 Å². The van der Waals surface area contributed by atoms with Crippen LogP contribution in [0.25, 0.3) is 0 Å². The second-order valence-electron chi connectivity index (χ2n) is 6.48. The van der Waals surface area contributed by atoms with Crippen molar-refractivity contribution in [3.63, 3.8) is 0 Å². The van der Waals surface area contributed by atoms with Crippen LogP contribution < -0.4 is 9.64 Å². The highest BCUT2D eigenvalue weighted by Crippen LogP contribution is 2.36. The summed E-state index contributed by atoms with van der Waals surface area (Å²) < 4.78 is 30.1. The molecule has 1 atom stereocenters. The predicted molar refractivity (Wildman–Crippen MR) is 89.7 cm³/mol. The number of methoxy groups -OCH3 is 1. The average Bonchev–Trinajstić information content (AvgIpc) is 3.13. The van der Waals surface area contributed by atoms with Crippen LogP contribution in [0, 0.1) is 21.8 Å². The molecule has 7 nitrogen and oxygen atoms in total. The van der Waals surface area contributed by atoms with Crippen LogP contribution in [0.3, 0.4) is 0 Å². The molecule has 25 heavy (non-hydrogen) atoms. The summed E-state index contributed by atoms with van der Waals surface area (Å²) in [5, 5.41) is 11.3. The minimum atomic E-state index is -0.727. The lowest BCUT2D eigenvalue weighted by Gasteiger charge is -2.33. The lowest BCUT2D eigenvalue weighted by molar-refractivity contribution is -0.384. The molecule has 8 heteroatoms. The first-order valence-electron chi connectivity index (χ1n) is 8.54. The molecule has 2 heterocycles. The van der Waals surface area contributed by atoms with E-state index in [1.54, 1.807) is 0 Å². The first-order chi connectivity index (χ1) is 12.1. The number of nitrogens with zero attached hydrogens (tertiary/aromatic N) is 2. The first-order valence-corrected chi connectivity index (χ1v) is 8.54. The van der Waals surface area contributed by atoms with Gasteiger partial charge in [0.2, 0.25) is 0 Å². The number of ether oxygens (including phenoxy) is 3. The zero-order chi connectivity index (χ0) is 17.8. The summed E-state index contributed by atoms with van der Waals surface area (Å²) in [6.07, 6.45) is 2.76. The van der Waals surface area contributed by atoms with Crippen molar-refractivity contribution in [1.82, 2.24) is 0 Å². The number of nitro benzene ring substituents is 1. The molecule has 0 aromatic heterocycles. The zero-order valence-corrected chi connectivity index (χ0v) is 14.3. The van der Waals surface area contributed by atoms with E-state index in [4.69, 9.17) is 14.2 Å². The van der Waals surface area contributed by atoms with Gasteiger partial charge in [-0.1, -0.05) is 0 Å². The maximum Gasteiger partial charge on any atom is 0.295 e. The Morgan fingerprint density at radius 2 is 2.12 bits per heavy atom. The van der Waals surface area contributed by atoms with E-state index in [2.05, 4.69) is 0 Å². The lowest BCUT2D eigenvalue weighted by Crippen LogP contribution is -2.38. The average molecular weight is 354 g/mol. The Kier molecular flexibility index (Phi) is 5.70. The van der Waals surface area contributed by atoms with Crippen molar-refractivity contribution in [2.75, 3.05) is 44.9 Å². The van der Waals surface area contributed by atoms with E-state index in [9.17, 15) is 14.5 Å². The molecule has 0 bridgehead atoms. The van der Waals surface area contributed by atoms with Gasteiger partial charge in [0.15, 0.2) is 11.6 Å². The molecule has 1 aromatic carbocycles. The summed E-state index contributed by atoms with van der Waals surface area (Å²) in [5.74, 6) is -0.240. The molecule has 0 spiro atoms. The third kappa shape index (κ3) is 4.19. The van der Waals surface area contributed by atoms with Gasteiger partial charge in [-0.05, 0) is 19.3 Å². The van der Waals surface area contributed by atoms with Crippen molar-refractivity contribution >= 4 is 11.4 Å². The number of anilines is 1. The molecule has 0 saturated carbocycles. The Hall–Kier alpha value is -1.93. The Labute approximate surface area is 145 Å². The van der Waals surface area contributed by atoms with Crippen LogP contribution in [0.5, 0.6) is 5.75 Å². The maximum atomic E-state index is 13.8. The minimum absolute atomic E-state index is 0.0141. The van der Waals surface area contributed by atoms with E-state index in [1.165, 1.54) is 13.2 Å². The summed E-state index contributed by atoms with van der Waals surface area (Å²) >= 11 is 0. The summed E-state index contributed by atoms with van der Waals surface area (Å²) in [7, 11) is 1.35. The number of hydrogen-bond donors (Lipinski definition) is 0. The molecule has 0 radical (unpaired) electrons. The molecule has 2 aliphatic rings. The number of halogens is 1. The quantitative estimate of drug-likeness (QED) is 0.578. The summed E-state index contributed by atoms with van der Waals surface area (Å²) in [6, 6.07) is 2.33. The fourth-order valence-corrected chi connectivity index (χ4v) is 3.34. The predicted octanol–water partition coefficient (Wildman–Crippen LogP) is 2.76. The first kappa shape index (κ1) is 17.9. The molecule has 1 aromatic rings. The van der Waals surface area contributed by atoms with Crippen molar-refractivity contribution < 1.29 is 23.5 Å². The van der Waals surface area contributed by atoms with Crippen LogP contribution in [0.4, 0.5) is 15.8 Å². The number of nitro groups is 1. The van der Waals surface area contributed by atoms with Gasteiger partial charge >= 0.3 is 0 Å². The highest BCUT2D eigenvalue weighted by Gasteiger charge is 2.28. The Morgan fingerprint density at radius 1 is 1.36 bits per heavy atom. The molecule has 2 fully saturated rings. The molecule has 2 saturated heterocycles. The molecule has 0 aliphatic carbocycles. The van der Waals surface area contributed by atoms with E-state index in [-0.39, 0.29) is 17.5 Å². The molecule has 2 aliphatic heterocycles. The highest BCUT2D eigenvalue weighted by molar-refractivity contribution is 5.66. The summed E-state index contributed by atoms with van der Waals surface area (Å²) in [6.45, 7) is 3.53. The Bertz CT molecular complexity index is 613. The monoisotopic (exact) mass is 354 g/mol. The summed E-state index contributed by atoms with van der Waals surface area (Å²) in [5.41, 5.74) is 0.159. The Morgan fingerprint density at radius 3 is 2.72 bits per heavy atom. The van der Waals surface area contributed by atoms with Gasteiger partial charge in [-0.15, -0.1) is 0 Å².